The fourth-order valence-corrected chi connectivity index (χ4v) is 3.27. The zero-order chi connectivity index (χ0) is 16.9. The third kappa shape index (κ3) is 3.57. The Morgan fingerprint density at radius 3 is 2.58 bits per heavy atom. The first-order chi connectivity index (χ1) is 11.7. The van der Waals surface area contributed by atoms with Crippen LogP contribution in [-0.4, -0.2) is 14.8 Å². The lowest BCUT2D eigenvalue weighted by Crippen LogP contribution is -2.01. The molecule has 3 nitrogen and oxygen atoms in total. The minimum atomic E-state index is -0.301. The Hall–Kier alpha value is -2.40. The Bertz CT molecular complexity index is 840. The molecule has 1 aromatic heterocycles. The van der Waals surface area contributed by atoms with Crippen molar-refractivity contribution >= 4 is 11.8 Å². The minimum Gasteiger partial charge on any atom is -0.298 e. The van der Waals surface area contributed by atoms with Crippen LogP contribution < -0.4 is 0 Å². The Morgan fingerprint density at radius 2 is 1.88 bits per heavy atom. The van der Waals surface area contributed by atoms with Crippen molar-refractivity contribution in [3.8, 4) is 11.4 Å². The quantitative estimate of drug-likeness (QED) is 0.474. The molecule has 24 heavy (non-hydrogen) atoms. The van der Waals surface area contributed by atoms with E-state index >= 15 is 0 Å². The van der Waals surface area contributed by atoms with E-state index in [0.29, 0.717) is 17.9 Å². The predicted octanol–water partition coefficient (Wildman–Crippen LogP) is 4.87. The number of halogens is 1. The summed E-state index contributed by atoms with van der Waals surface area (Å²) in [6, 6.07) is 15.0. The highest BCUT2D eigenvalue weighted by molar-refractivity contribution is 7.98. The summed E-state index contributed by atoms with van der Waals surface area (Å²) in [5, 5.41) is 9.20. The lowest BCUT2D eigenvalue weighted by atomic mass is 10.2. The van der Waals surface area contributed by atoms with Crippen LogP contribution in [0.25, 0.3) is 11.4 Å². The van der Waals surface area contributed by atoms with E-state index in [1.807, 2.05) is 4.57 Å². The molecule has 0 amide bonds. The monoisotopic (exact) mass is 339 g/mol. The van der Waals surface area contributed by atoms with Crippen molar-refractivity contribution in [1.82, 2.24) is 14.8 Å². The van der Waals surface area contributed by atoms with Crippen molar-refractivity contribution in [2.45, 2.75) is 24.4 Å². The molecule has 3 aromatic rings. The first kappa shape index (κ1) is 16.5. The number of aryl methyl sites for hydroxylation is 1. The molecule has 5 heteroatoms. The zero-order valence-corrected chi connectivity index (χ0v) is 14.3. The van der Waals surface area contributed by atoms with Gasteiger partial charge >= 0.3 is 0 Å². The Balaban J connectivity index is 1.87. The van der Waals surface area contributed by atoms with Gasteiger partial charge in [-0.2, -0.15) is 0 Å². The van der Waals surface area contributed by atoms with E-state index in [0.717, 1.165) is 10.9 Å². The molecule has 0 bridgehead atoms. The summed E-state index contributed by atoms with van der Waals surface area (Å²) in [5.74, 6) is 1.01. The Morgan fingerprint density at radius 1 is 1.12 bits per heavy atom. The zero-order valence-electron chi connectivity index (χ0n) is 13.4. The molecule has 2 aromatic carbocycles. The first-order valence-electron chi connectivity index (χ1n) is 7.66. The number of benzene rings is 2. The van der Waals surface area contributed by atoms with Gasteiger partial charge in [0.05, 0.1) is 5.56 Å². The van der Waals surface area contributed by atoms with E-state index in [4.69, 9.17) is 0 Å². The SMILES string of the molecule is C=CCn1c(SCc2ccc(C)cc2)nnc1-c1ccccc1F. The number of aromatic nitrogens is 3. The Labute approximate surface area is 145 Å². The van der Waals surface area contributed by atoms with Crippen LogP contribution in [0, 0.1) is 12.7 Å². The lowest BCUT2D eigenvalue weighted by Gasteiger charge is -2.08. The number of rotatable bonds is 6. The van der Waals surface area contributed by atoms with Crippen molar-refractivity contribution in [3.63, 3.8) is 0 Å². The van der Waals surface area contributed by atoms with Gasteiger partial charge < -0.3 is 0 Å². The summed E-state index contributed by atoms with van der Waals surface area (Å²) in [4.78, 5) is 0. The summed E-state index contributed by atoms with van der Waals surface area (Å²) < 4.78 is 16.0. The van der Waals surface area contributed by atoms with E-state index in [1.165, 1.54) is 17.2 Å². The van der Waals surface area contributed by atoms with E-state index in [-0.39, 0.29) is 5.82 Å². The smallest absolute Gasteiger partial charge is 0.192 e. The lowest BCUT2D eigenvalue weighted by molar-refractivity contribution is 0.626. The largest absolute Gasteiger partial charge is 0.298 e. The molecule has 0 aliphatic carbocycles. The fourth-order valence-electron chi connectivity index (χ4n) is 2.36. The number of allylic oxidation sites excluding steroid dienone is 1. The number of hydrogen-bond acceptors (Lipinski definition) is 3. The summed E-state index contributed by atoms with van der Waals surface area (Å²) in [6.07, 6.45) is 1.77. The second kappa shape index (κ2) is 7.45. The van der Waals surface area contributed by atoms with Gasteiger partial charge in [0, 0.05) is 12.3 Å². The summed E-state index contributed by atoms with van der Waals surface area (Å²) in [5.41, 5.74) is 2.90. The molecule has 122 valence electrons. The van der Waals surface area contributed by atoms with Crippen LogP contribution in [0.3, 0.4) is 0 Å². The van der Waals surface area contributed by atoms with Crippen molar-refractivity contribution in [2.75, 3.05) is 0 Å². The number of thioether (sulfide) groups is 1. The van der Waals surface area contributed by atoms with Gasteiger partial charge in [-0.3, -0.25) is 4.57 Å². The van der Waals surface area contributed by atoms with E-state index in [9.17, 15) is 4.39 Å². The first-order valence-corrected chi connectivity index (χ1v) is 8.65. The number of hydrogen-bond donors (Lipinski definition) is 0. The summed E-state index contributed by atoms with van der Waals surface area (Å²) in [7, 11) is 0. The molecule has 0 fully saturated rings. The van der Waals surface area contributed by atoms with Gasteiger partial charge in [0.1, 0.15) is 5.82 Å². The van der Waals surface area contributed by atoms with Crippen molar-refractivity contribution < 1.29 is 4.39 Å². The van der Waals surface area contributed by atoms with Crippen molar-refractivity contribution in [3.05, 3.63) is 78.1 Å². The van der Waals surface area contributed by atoms with Crippen LogP contribution in [-0.2, 0) is 12.3 Å². The van der Waals surface area contributed by atoms with Crippen LogP contribution in [0.2, 0.25) is 0 Å². The van der Waals surface area contributed by atoms with Gasteiger partial charge in [0.25, 0.3) is 0 Å². The molecule has 0 N–H and O–H groups in total. The highest BCUT2D eigenvalue weighted by atomic mass is 32.2. The normalized spacial score (nSPS) is 10.8. The third-order valence-corrected chi connectivity index (χ3v) is 4.67. The molecule has 0 unspecified atom stereocenters. The van der Waals surface area contributed by atoms with E-state index in [2.05, 4.69) is 48.0 Å². The predicted molar refractivity (Wildman–Crippen MR) is 96.4 cm³/mol. The standard InChI is InChI=1S/C19H18FN3S/c1-3-12-23-18(16-6-4-5-7-17(16)20)21-22-19(23)24-13-15-10-8-14(2)9-11-15/h3-11H,1,12-13H2,2H3. The van der Waals surface area contributed by atoms with Gasteiger partial charge in [0.15, 0.2) is 11.0 Å². The maximum atomic E-state index is 14.1. The molecule has 0 aliphatic rings. The van der Waals surface area contributed by atoms with Crippen LogP contribution in [0.1, 0.15) is 11.1 Å². The molecule has 0 spiro atoms. The van der Waals surface area contributed by atoms with E-state index < -0.39 is 0 Å². The summed E-state index contributed by atoms with van der Waals surface area (Å²) >= 11 is 1.59. The van der Waals surface area contributed by atoms with Crippen LogP contribution >= 0.6 is 11.8 Å². The second-order valence-corrected chi connectivity index (χ2v) is 6.40. The molecule has 0 saturated carbocycles. The minimum absolute atomic E-state index is 0.301. The highest BCUT2D eigenvalue weighted by Crippen LogP contribution is 2.27. The Kier molecular flexibility index (Phi) is 5.11. The molecule has 0 aliphatic heterocycles. The molecule has 0 radical (unpaired) electrons. The molecule has 0 atom stereocenters. The molecule has 1 heterocycles. The van der Waals surface area contributed by atoms with Gasteiger partial charge in [-0.05, 0) is 24.6 Å². The molecular weight excluding hydrogens is 321 g/mol. The fraction of sp³-hybridized carbons (Fsp3) is 0.158. The molecule has 0 saturated heterocycles. The van der Waals surface area contributed by atoms with Gasteiger partial charge in [-0.25, -0.2) is 4.39 Å². The number of nitrogens with zero attached hydrogens (tertiary/aromatic N) is 3. The topological polar surface area (TPSA) is 30.7 Å². The van der Waals surface area contributed by atoms with Gasteiger partial charge in [-0.1, -0.05) is 59.8 Å². The highest BCUT2D eigenvalue weighted by Gasteiger charge is 2.16. The van der Waals surface area contributed by atoms with Crippen molar-refractivity contribution in [1.29, 1.82) is 0 Å². The van der Waals surface area contributed by atoms with Gasteiger partial charge in [0.2, 0.25) is 0 Å². The average molecular weight is 339 g/mol. The van der Waals surface area contributed by atoms with Crippen LogP contribution in [0.5, 0.6) is 0 Å². The van der Waals surface area contributed by atoms with Crippen molar-refractivity contribution in [2.24, 2.45) is 0 Å². The van der Waals surface area contributed by atoms with E-state index in [1.54, 1.807) is 36.0 Å². The molecular formula is C19H18FN3S. The maximum Gasteiger partial charge on any atom is 0.192 e. The maximum absolute atomic E-state index is 14.1. The summed E-state index contributed by atoms with van der Waals surface area (Å²) in [6.45, 7) is 6.38. The molecule has 3 rings (SSSR count). The second-order valence-electron chi connectivity index (χ2n) is 5.46. The third-order valence-electron chi connectivity index (χ3n) is 3.63. The van der Waals surface area contributed by atoms with Gasteiger partial charge in [-0.15, -0.1) is 16.8 Å². The average Bonchev–Trinajstić information content (AvgIpc) is 2.98. The van der Waals surface area contributed by atoms with Crippen LogP contribution in [0.4, 0.5) is 4.39 Å². The van der Waals surface area contributed by atoms with Crippen LogP contribution in [0.15, 0.2) is 66.3 Å².